The third-order valence-electron chi connectivity index (χ3n) is 6.55. The van der Waals surface area contributed by atoms with Crippen LogP contribution in [0.15, 0.2) is 47.4 Å². The van der Waals surface area contributed by atoms with Crippen LogP contribution in [0.1, 0.15) is 35.7 Å². The van der Waals surface area contributed by atoms with E-state index in [0.717, 1.165) is 51.1 Å². The van der Waals surface area contributed by atoms with Crippen molar-refractivity contribution in [2.24, 2.45) is 0 Å². The summed E-state index contributed by atoms with van der Waals surface area (Å²) < 4.78 is 33.5. The lowest BCUT2D eigenvalue weighted by molar-refractivity contribution is 0.102. The van der Waals surface area contributed by atoms with Crippen molar-refractivity contribution >= 4 is 27.3 Å². The fourth-order valence-corrected chi connectivity index (χ4v) is 5.60. The first-order valence-corrected chi connectivity index (χ1v) is 13.4. The second-order valence-electron chi connectivity index (χ2n) is 8.89. The minimum absolute atomic E-state index is 0.0656. The summed E-state index contributed by atoms with van der Waals surface area (Å²) in [6.07, 6.45) is 1.69. The molecular formula is C25H34N4O4S. The molecule has 0 aliphatic carbocycles. The highest BCUT2D eigenvalue weighted by atomic mass is 32.2. The molecule has 0 aromatic heterocycles. The van der Waals surface area contributed by atoms with Crippen molar-refractivity contribution in [3.63, 3.8) is 0 Å². The molecule has 2 aromatic carbocycles. The number of aryl methyl sites for hydroxylation is 1. The lowest BCUT2D eigenvalue weighted by atomic mass is 10.1. The van der Waals surface area contributed by atoms with Gasteiger partial charge in [0.1, 0.15) is 0 Å². The summed E-state index contributed by atoms with van der Waals surface area (Å²) in [6, 6.07) is 12.0. The predicted molar refractivity (Wildman–Crippen MR) is 134 cm³/mol. The first-order chi connectivity index (χ1) is 16.4. The zero-order chi connectivity index (χ0) is 24.1. The van der Waals surface area contributed by atoms with Crippen LogP contribution in [0.2, 0.25) is 0 Å². The highest BCUT2D eigenvalue weighted by Crippen LogP contribution is 2.25. The van der Waals surface area contributed by atoms with Crippen LogP contribution < -0.4 is 14.9 Å². The van der Waals surface area contributed by atoms with Gasteiger partial charge in [-0.05, 0) is 68.3 Å². The van der Waals surface area contributed by atoms with E-state index in [1.807, 2.05) is 25.1 Å². The van der Waals surface area contributed by atoms with E-state index in [9.17, 15) is 13.2 Å². The normalized spacial score (nSPS) is 19.4. The summed E-state index contributed by atoms with van der Waals surface area (Å²) >= 11 is 0. The lowest BCUT2D eigenvalue weighted by Gasteiger charge is -2.36. The Morgan fingerprint density at radius 3 is 2.59 bits per heavy atom. The van der Waals surface area contributed by atoms with Crippen molar-refractivity contribution in [2.75, 3.05) is 56.1 Å². The van der Waals surface area contributed by atoms with E-state index < -0.39 is 10.0 Å². The number of hydrogen-bond acceptors (Lipinski definition) is 6. The quantitative estimate of drug-likeness (QED) is 0.596. The molecule has 0 radical (unpaired) electrons. The predicted octanol–water partition coefficient (Wildman–Crippen LogP) is 2.85. The summed E-state index contributed by atoms with van der Waals surface area (Å²) in [5.74, 6) is -0.347. The Morgan fingerprint density at radius 1 is 1.12 bits per heavy atom. The van der Waals surface area contributed by atoms with Crippen molar-refractivity contribution in [1.82, 2.24) is 9.62 Å². The Kier molecular flexibility index (Phi) is 7.88. The van der Waals surface area contributed by atoms with E-state index in [1.165, 1.54) is 17.8 Å². The minimum Gasteiger partial charge on any atom is -0.377 e. The van der Waals surface area contributed by atoms with Gasteiger partial charge in [0.05, 0.1) is 11.0 Å². The zero-order valence-electron chi connectivity index (χ0n) is 19.9. The maximum absolute atomic E-state index is 12.9. The van der Waals surface area contributed by atoms with E-state index >= 15 is 0 Å². The Labute approximate surface area is 202 Å². The molecule has 2 N–H and O–H groups in total. The van der Waals surface area contributed by atoms with Crippen LogP contribution in [0.4, 0.5) is 11.4 Å². The van der Waals surface area contributed by atoms with Crippen molar-refractivity contribution in [2.45, 2.75) is 37.7 Å². The average Bonchev–Trinajstić information content (AvgIpc) is 3.37. The number of nitrogens with zero attached hydrogens (tertiary/aromatic N) is 2. The molecule has 2 heterocycles. The molecule has 4 rings (SSSR count). The Balaban J connectivity index is 1.40. The number of amides is 1. The molecular weight excluding hydrogens is 452 g/mol. The highest BCUT2D eigenvalue weighted by molar-refractivity contribution is 7.89. The fourth-order valence-electron chi connectivity index (χ4n) is 4.49. The SMILES string of the molecule is CCN1CCN(c2ccc(NC(=O)c3cccc(S(=O)(=O)NCC4CCCO4)c3)cc2C)CC1. The summed E-state index contributed by atoms with van der Waals surface area (Å²) in [5.41, 5.74) is 3.25. The molecule has 0 bridgehead atoms. The van der Waals surface area contributed by atoms with E-state index in [-0.39, 0.29) is 29.0 Å². The average molecular weight is 487 g/mol. The van der Waals surface area contributed by atoms with Gasteiger partial charge in [0.15, 0.2) is 0 Å². The molecule has 2 fully saturated rings. The first kappa shape index (κ1) is 24.7. The van der Waals surface area contributed by atoms with E-state index in [0.29, 0.717) is 12.3 Å². The number of carbonyl (C=O) groups excluding carboxylic acids is 1. The third-order valence-corrected chi connectivity index (χ3v) is 7.97. The Morgan fingerprint density at radius 2 is 1.91 bits per heavy atom. The molecule has 0 spiro atoms. The van der Waals surface area contributed by atoms with Gasteiger partial charge in [-0.25, -0.2) is 13.1 Å². The largest absolute Gasteiger partial charge is 0.377 e. The van der Waals surface area contributed by atoms with Crippen LogP contribution in [-0.4, -0.2) is 71.2 Å². The molecule has 2 aliphatic heterocycles. The summed E-state index contributed by atoms with van der Waals surface area (Å²) in [7, 11) is -3.73. The maximum Gasteiger partial charge on any atom is 0.255 e. The van der Waals surface area contributed by atoms with E-state index in [4.69, 9.17) is 4.74 Å². The standard InChI is InChI=1S/C25H34N4O4S/c1-3-28-11-13-29(14-12-28)24-10-9-21(16-19(24)2)27-25(30)20-6-4-8-23(17-20)34(31,32)26-18-22-7-5-15-33-22/h4,6,8-10,16-17,22,26H,3,5,7,11-15,18H2,1-2H3,(H,27,30). The molecule has 2 aliphatic rings. The van der Waals surface area contributed by atoms with Crippen LogP contribution >= 0.6 is 0 Å². The van der Waals surface area contributed by atoms with Gasteiger partial charge in [0, 0.05) is 56.3 Å². The molecule has 9 heteroatoms. The number of anilines is 2. The smallest absolute Gasteiger partial charge is 0.255 e. The van der Waals surface area contributed by atoms with Crippen molar-refractivity contribution in [3.8, 4) is 0 Å². The van der Waals surface area contributed by atoms with Crippen molar-refractivity contribution < 1.29 is 17.9 Å². The van der Waals surface area contributed by atoms with Crippen LogP contribution in [-0.2, 0) is 14.8 Å². The molecule has 2 aromatic rings. The first-order valence-electron chi connectivity index (χ1n) is 12.0. The number of rotatable bonds is 8. The van der Waals surface area contributed by atoms with E-state index in [1.54, 1.807) is 12.1 Å². The molecule has 0 saturated carbocycles. The van der Waals surface area contributed by atoms with Gasteiger partial charge in [0.2, 0.25) is 10.0 Å². The Bertz CT molecular complexity index is 1110. The third kappa shape index (κ3) is 5.96. The maximum atomic E-state index is 12.9. The molecule has 1 amide bonds. The summed E-state index contributed by atoms with van der Waals surface area (Å²) in [4.78, 5) is 17.7. The second-order valence-corrected chi connectivity index (χ2v) is 10.7. The van der Waals surface area contributed by atoms with Crippen LogP contribution in [0.25, 0.3) is 0 Å². The summed E-state index contributed by atoms with van der Waals surface area (Å²) in [6.45, 7) is 10.3. The van der Waals surface area contributed by atoms with Gasteiger partial charge in [-0.15, -0.1) is 0 Å². The zero-order valence-corrected chi connectivity index (χ0v) is 20.7. The number of carbonyl (C=O) groups is 1. The lowest BCUT2D eigenvalue weighted by Crippen LogP contribution is -2.46. The van der Waals surface area contributed by atoms with Crippen molar-refractivity contribution in [1.29, 1.82) is 0 Å². The van der Waals surface area contributed by atoms with Crippen LogP contribution in [0.3, 0.4) is 0 Å². The molecule has 8 nitrogen and oxygen atoms in total. The number of benzene rings is 2. The molecule has 184 valence electrons. The second kappa shape index (κ2) is 10.9. The monoisotopic (exact) mass is 486 g/mol. The number of piperazine rings is 1. The highest BCUT2D eigenvalue weighted by Gasteiger charge is 2.22. The van der Waals surface area contributed by atoms with Gasteiger partial charge in [-0.3, -0.25) is 4.79 Å². The Hall–Kier alpha value is -2.46. The minimum atomic E-state index is -3.73. The van der Waals surface area contributed by atoms with Gasteiger partial charge in [-0.1, -0.05) is 13.0 Å². The number of ether oxygens (including phenoxy) is 1. The molecule has 34 heavy (non-hydrogen) atoms. The molecule has 2 saturated heterocycles. The van der Waals surface area contributed by atoms with Crippen LogP contribution in [0.5, 0.6) is 0 Å². The number of hydrogen-bond donors (Lipinski definition) is 2. The van der Waals surface area contributed by atoms with Gasteiger partial charge >= 0.3 is 0 Å². The van der Waals surface area contributed by atoms with Gasteiger partial charge in [0.25, 0.3) is 5.91 Å². The molecule has 1 unspecified atom stereocenters. The molecule has 1 atom stereocenters. The van der Waals surface area contributed by atoms with Crippen LogP contribution in [0, 0.1) is 6.92 Å². The van der Waals surface area contributed by atoms with Crippen molar-refractivity contribution in [3.05, 3.63) is 53.6 Å². The van der Waals surface area contributed by atoms with Gasteiger partial charge in [-0.2, -0.15) is 0 Å². The van der Waals surface area contributed by atoms with E-state index in [2.05, 4.69) is 26.8 Å². The topological polar surface area (TPSA) is 91.0 Å². The van der Waals surface area contributed by atoms with Gasteiger partial charge < -0.3 is 19.9 Å². The summed E-state index contributed by atoms with van der Waals surface area (Å²) in [5, 5.41) is 2.90. The number of nitrogens with one attached hydrogen (secondary N) is 2. The fraction of sp³-hybridized carbons (Fsp3) is 0.480. The number of likely N-dealkylation sites (N-methyl/N-ethyl adjacent to an activating group) is 1. The number of sulfonamides is 1.